The summed E-state index contributed by atoms with van der Waals surface area (Å²) in [6.45, 7) is 6.99. The zero-order valence-electron chi connectivity index (χ0n) is 20.5. The van der Waals surface area contributed by atoms with Crippen LogP contribution in [0.3, 0.4) is 0 Å². The molecular formula is C27H28F2N4O3. The summed E-state index contributed by atoms with van der Waals surface area (Å²) in [5, 5.41) is 13.8. The summed E-state index contributed by atoms with van der Waals surface area (Å²) >= 11 is 0. The topological polar surface area (TPSA) is 89.5 Å². The van der Waals surface area contributed by atoms with Gasteiger partial charge in [-0.3, -0.25) is 4.79 Å². The smallest absolute Gasteiger partial charge is 0.257 e. The number of nitrogens with zero attached hydrogens (tertiary/aromatic N) is 4. The van der Waals surface area contributed by atoms with Gasteiger partial charge in [-0.15, -0.1) is 0 Å². The molecule has 36 heavy (non-hydrogen) atoms. The second-order valence-electron chi connectivity index (χ2n) is 9.49. The summed E-state index contributed by atoms with van der Waals surface area (Å²) in [4.78, 5) is 17.6. The number of alkyl halides is 2. The van der Waals surface area contributed by atoms with Crippen LogP contribution in [0.1, 0.15) is 55.5 Å². The Labute approximate surface area is 208 Å². The van der Waals surface area contributed by atoms with Gasteiger partial charge >= 0.3 is 0 Å². The Kier molecular flexibility index (Phi) is 7.07. The standard InChI is InChI=1S/C27H28F2N4O3/c1-5-24(29)36-23-11-17(10-22(35-4)25(23)21(34)8-6-7-16-9-20(16)28)19-13-32-33-14-18(12-31-26(19)33)27(2,3)15-30/h5,10-14,16,20,24H,1,6-9H2,2-4H3/t16-,20+,24?/m1/s1. The number of fused-ring (bicyclic) bond motifs is 1. The molecule has 0 aliphatic heterocycles. The van der Waals surface area contributed by atoms with E-state index in [1.807, 2.05) is 0 Å². The fraction of sp³-hybridized carbons (Fsp3) is 0.407. The third kappa shape index (κ3) is 5.08. The van der Waals surface area contributed by atoms with Crippen molar-refractivity contribution in [2.45, 2.75) is 57.5 Å². The number of benzene rings is 1. The molecular weight excluding hydrogens is 466 g/mol. The Morgan fingerprint density at radius 3 is 2.75 bits per heavy atom. The van der Waals surface area contributed by atoms with Crippen LogP contribution in [0, 0.1) is 17.2 Å². The summed E-state index contributed by atoms with van der Waals surface area (Å²) in [6, 6.07) is 5.45. The number of hydrogen-bond donors (Lipinski definition) is 0. The van der Waals surface area contributed by atoms with Crippen LogP contribution >= 0.6 is 0 Å². The van der Waals surface area contributed by atoms with Crippen molar-refractivity contribution >= 4 is 11.4 Å². The second-order valence-corrected chi connectivity index (χ2v) is 9.49. The Balaban J connectivity index is 1.72. The molecule has 4 rings (SSSR count). The van der Waals surface area contributed by atoms with Gasteiger partial charge in [-0.2, -0.15) is 14.8 Å². The van der Waals surface area contributed by atoms with Gasteiger partial charge in [0.05, 0.1) is 24.8 Å². The number of carbonyl (C=O) groups is 1. The molecule has 1 aliphatic carbocycles. The number of nitriles is 1. The minimum absolute atomic E-state index is 0.0122. The van der Waals surface area contributed by atoms with E-state index in [4.69, 9.17) is 9.47 Å². The first-order valence-corrected chi connectivity index (χ1v) is 11.8. The summed E-state index contributed by atoms with van der Waals surface area (Å²) < 4.78 is 39.9. The summed E-state index contributed by atoms with van der Waals surface area (Å²) in [5.74, 6) is -0.0171. The molecule has 0 radical (unpaired) electrons. The molecule has 1 unspecified atom stereocenters. The molecule has 1 aromatic carbocycles. The highest BCUT2D eigenvalue weighted by atomic mass is 19.1. The second kappa shape index (κ2) is 10.1. The molecule has 1 saturated carbocycles. The lowest BCUT2D eigenvalue weighted by Gasteiger charge is -2.17. The molecule has 2 heterocycles. The maximum atomic E-state index is 14.2. The van der Waals surface area contributed by atoms with Gasteiger partial charge in [0.2, 0.25) is 0 Å². The molecule has 9 heteroatoms. The van der Waals surface area contributed by atoms with Crippen LogP contribution in [-0.4, -0.2) is 40.0 Å². The lowest BCUT2D eigenvalue weighted by atomic mass is 9.89. The molecule has 0 amide bonds. The van der Waals surface area contributed by atoms with Crippen molar-refractivity contribution in [2.24, 2.45) is 5.92 Å². The number of halogens is 2. The zero-order valence-corrected chi connectivity index (χ0v) is 20.5. The number of hydrogen-bond acceptors (Lipinski definition) is 6. The molecule has 3 aromatic rings. The van der Waals surface area contributed by atoms with E-state index in [1.165, 1.54) is 7.11 Å². The molecule has 188 valence electrons. The molecule has 1 aliphatic rings. The van der Waals surface area contributed by atoms with Crippen LogP contribution in [0.15, 0.2) is 43.4 Å². The van der Waals surface area contributed by atoms with Crippen LogP contribution in [-0.2, 0) is 5.41 Å². The summed E-state index contributed by atoms with van der Waals surface area (Å²) in [7, 11) is 1.42. The highest BCUT2D eigenvalue weighted by Gasteiger charge is 2.36. The number of methoxy groups -OCH3 is 1. The average Bonchev–Trinajstić information content (AvgIpc) is 3.40. The molecule has 0 N–H and O–H groups in total. The number of ketones is 1. The van der Waals surface area contributed by atoms with Gasteiger partial charge in [0.1, 0.15) is 23.2 Å². The summed E-state index contributed by atoms with van der Waals surface area (Å²) in [5.41, 5.74) is 1.75. The van der Waals surface area contributed by atoms with Gasteiger partial charge in [0, 0.05) is 29.9 Å². The number of carbonyl (C=O) groups excluding carboxylic acids is 1. The minimum Gasteiger partial charge on any atom is -0.496 e. The average molecular weight is 495 g/mol. The highest BCUT2D eigenvalue weighted by Crippen LogP contribution is 2.40. The molecule has 0 spiro atoms. The third-order valence-electron chi connectivity index (χ3n) is 6.47. The van der Waals surface area contributed by atoms with E-state index in [2.05, 4.69) is 22.7 Å². The molecule has 7 nitrogen and oxygen atoms in total. The van der Waals surface area contributed by atoms with Gasteiger partial charge in [-0.05, 0) is 62.8 Å². The molecule has 2 aromatic heterocycles. The van der Waals surface area contributed by atoms with E-state index in [0.717, 1.165) is 6.08 Å². The van der Waals surface area contributed by atoms with Gasteiger partial charge in [-0.25, -0.2) is 13.9 Å². The minimum atomic E-state index is -1.84. The van der Waals surface area contributed by atoms with Crippen LogP contribution in [0.25, 0.3) is 16.8 Å². The van der Waals surface area contributed by atoms with Crippen molar-refractivity contribution in [3.05, 3.63) is 54.5 Å². The molecule has 0 bridgehead atoms. The lowest BCUT2D eigenvalue weighted by molar-refractivity contribution is 0.0940. The molecule has 0 saturated heterocycles. The van der Waals surface area contributed by atoms with E-state index in [9.17, 15) is 18.8 Å². The van der Waals surface area contributed by atoms with Crippen LogP contribution in [0.2, 0.25) is 0 Å². The van der Waals surface area contributed by atoms with E-state index in [-0.39, 0.29) is 35.2 Å². The van der Waals surface area contributed by atoms with E-state index >= 15 is 0 Å². The van der Waals surface area contributed by atoms with Gasteiger partial charge in [-0.1, -0.05) is 6.58 Å². The first-order chi connectivity index (χ1) is 17.2. The van der Waals surface area contributed by atoms with Gasteiger partial charge < -0.3 is 9.47 Å². The number of ether oxygens (including phenoxy) is 2. The quantitative estimate of drug-likeness (QED) is 0.248. The fourth-order valence-electron chi connectivity index (χ4n) is 4.07. The van der Waals surface area contributed by atoms with E-state index in [0.29, 0.717) is 41.6 Å². The van der Waals surface area contributed by atoms with Crippen molar-refractivity contribution in [2.75, 3.05) is 7.11 Å². The van der Waals surface area contributed by atoms with Crippen LogP contribution in [0.4, 0.5) is 8.78 Å². The molecule has 3 atom stereocenters. The number of rotatable bonds is 11. The van der Waals surface area contributed by atoms with Crippen molar-refractivity contribution in [1.82, 2.24) is 14.6 Å². The predicted octanol–water partition coefficient (Wildman–Crippen LogP) is 5.78. The first kappa shape index (κ1) is 25.3. The van der Waals surface area contributed by atoms with Gasteiger partial charge in [0.15, 0.2) is 11.4 Å². The normalized spacial score (nSPS) is 17.9. The number of Topliss-reactive ketones (excluding diaryl/α,β-unsaturated/α-hetero) is 1. The van der Waals surface area contributed by atoms with Crippen LogP contribution < -0.4 is 9.47 Å². The molecule has 1 fully saturated rings. The van der Waals surface area contributed by atoms with Crippen molar-refractivity contribution in [3.63, 3.8) is 0 Å². The third-order valence-corrected chi connectivity index (χ3v) is 6.47. The first-order valence-electron chi connectivity index (χ1n) is 11.8. The lowest BCUT2D eigenvalue weighted by Crippen LogP contribution is -2.15. The van der Waals surface area contributed by atoms with Crippen molar-refractivity contribution < 1.29 is 23.0 Å². The Morgan fingerprint density at radius 2 is 2.11 bits per heavy atom. The van der Waals surface area contributed by atoms with E-state index in [1.54, 1.807) is 49.1 Å². The Hall–Kier alpha value is -3.80. The maximum Gasteiger partial charge on any atom is 0.257 e. The largest absolute Gasteiger partial charge is 0.496 e. The van der Waals surface area contributed by atoms with Crippen LogP contribution in [0.5, 0.6) is 11.5 Å². The fourth-order valence-corrected chi connectivity index (χ4v) is 4.07. The monoisotopic (exact) mass is 494 g/mol. The SMILES string of the molecule is C=CC(F)Oc1cc(-c2cnn3cc(C(C)(C)C#N)cnc23)cc(OC)c1C(=O)CCC[C@@H]1C[C@@H]1F. The summed E-state index contributed by atoms with van der Waals surface area (Å²) in [6.07, 6.45) is 5.18. The van der Waals surface area contributed by atoms with Crippen molar-refractivity contribution in [1.29, 1.82) is 5.26 Å². The van der Waals surface area contributed by atoms with Crippen molar-refractivity contribution in [3.8, 4) is 28.7 Å². The number of aromatic nitrogens is 3. The van der Waals surface area contributed by atoms with E-state index < -0.39 is 17.9 Å². The zero-order chi connectivity index (χ0) is 26.0. The predicted molar refractivity (Wildman–Crippen MR) is 131 cm³/mol. The Bertz CT molecular complexity index is 1340. The maximum absolute atomic E-state index is 14.2. The van der Waals surface area contributed by atoms with Gasteiger partial charge in [0.25, 0.3) is 6.36 Å². The Morgan fingerprint density at radius 1 is 1.39 bits per heavy atom. The highest BCUT2D eigenvalue weighted by molar-refractivity contribution is 6.02.